The molecule has 1 aliphatic rings. The molecule has 1 N–H and O–H groups in total. The van der Waals surface area contributed by atoms with E-state index in [-0.39, 0.29) is 5.91 Å². The predicted molar refractivity (Wildman–Crippen MR) is 107 cm³/mol. The van der Waals surface area contributed by atoms with Gasteiger partial charge in [-0.3, -0.25) is 9.69 Å². The molecule has 0 aliphatic carbocycles. The molecule has 0 unspecified atom stereocenters. The van der Waals surface area contributed by atoms with Crippen molar-refractivity contribution in [2.45, 2.75) is 32.7 Å². The van der Waals surface area contributed by atoms with Gasteiger partial charge in [-0.25, -0.2) is 4.98 Å². The first-order valence-corrected chi connectivity index (χ1v) is 10.1. The number of ether oxygens (including phenoxy) is 2. The Morgan fingerprint density at radius 3 is 2.67 bits per heavy atom. The third-order valence-electron chi connectivity index (χ3n) is 4.78. The van der Waals surface area contributed by atoms with Crippen LogP contribution in [0, 0.1) is 0 Å². The summed E-state index contributed by atoms with van der Waals surface area (Å²) in [5.74, 6) is 1.56. The molecule has 1 aliphatic heterocycles. The highest BCUT2D eigenvalue weighted by molar-refractivity contribution is 7.11. The van der Waals surface area contributed by atoms with E-state index >= 15 is 0 Å². The Balaban J connectivity index is 1.49. The molecule has 0 spiro atoms. The summed E-state index contributed by atoms with van der Waals surface area (Å²) in [5.41, 5.74) is 2.46. The van der Waals surface area contributed by atoms with Crippen LogP contribution in [0.3, 0.4) is 0 Å². The van der Waals surface area contributed by atoms with Gasteiger partial charge in [-0.2, -0.15) is 0 Å². The molecular formula is C20H27N3O3S. The van der Waals surface area contributed by atoms with Crippen LogP contribution in [-0.2, 0) is 30.6 Å². The number of thiazole rings is 1. The summed E-state index contributed by atoms with van der Waals surface area (Å²) in [4.78, 5) is 20.1. The largest absolute Gasteiger partial charge is 0.493 e. The van der Waals surface area contributed by atoms with E-state index in [1.54, 1.807) is 25.6 Å². The maximum absolute atomic E-state index is 12.3. The summed E-state index contributed by atoms with van der Waals surface area (Å²) >= 11 is 1.72. The van der Waals surface area contributed by atoms with Gasteiger partial charge in [0.15, 0.2) is 11.5 Å². The second-order valence-electron chi connectivity index (χ2n) is 6.61. The Hall–Kier alpha value is -2.12. The summed E-state index contributed by atoms with van der Waals surface area (Å²) < 4.78 is 10.8. The van der Waals surface area contributed by atoms with Crippen LogP contribution in [0.15, 0.2) is 18.3 Å². The van der Waals surface area contributed by atoms with Gasteiger partial charge in [-0.15, -0.1) is 11.3 Å². The molecule has 6 nitrogen and oxygen atoms in total. The van der Waals surface area contributed by atoms with E-state index in [1.807, 2.05) is 18.3 Å². The van der Waals surface area contributed by atoms with E-state index in [0.29, 0.717) is 13.1 Å². The molecule has 2 aromatic rings. The van der Waals surface area contributed by atoms with Gasteiger partial charge in [0.25, 0.3) is 0 Å². The highest BCUT2D eigenvalue weighted by Crippen LogP contribution is 2.33. The molecule has 7 heteroatoms. The van der Waals surface area contributed by atoms with Crippen LogP contribution in [0.4, 0.5) is 0 Å². The molecule has 0 saturated carbocycles. The van der Waals surface area contributed by atoms with E-state index in [0.717, 1.165) is 48.9 Å². The lowest BCUT2D eigenvalue weighted by Crippen LogP contribution is -2.40. The smallest absolute Gasteiger partial charge is 0.234 e. The number of fused-ring (bicyclic) bond motifs is 1. The number of nitrogens with zero attached hydrogens (tertiary/aromatic N) is 2. The second kappa shape index (κ2) is 9.19. The van der Waals surface area contributed by atoms with Gasteiger partial charge in [0, 0.05) is 37.1 Å². The van der Waals surface area contributed by atoms with Gasteiger partial charge in [0.05, 0.1) is 25.8 Å². The maximum Gasteiger partial charge on any atom is 0.234 e. The van der Waals surface area contributed by atoms with Gasteiger partial charge in [0.1, 0.15) is 0 Å². The van der Waals surface area contributed by atoms with Crippen molar-refractivity contribution in [3.05, 3.63) is 39.3 Å². The minimum absolute atomic E-state index is 0.0613. The average Bonchev–Trinajstić information content (AvgIpc) is 3.14. The van der Waals surface area contributed by atoms with E-state index in [9.17, 15) is 4.79 Å². The van der Waals surface area contributed by atoms with E-state index in [4.69, 9.17) is 9.47 Å². The van der Waals surface area contributed by atoms with Gasteiger partial charge in [0.2, 0.25) is 5.91 Å². The summed E-state index contributed by atoms with van der Waals surface area (Å²) in [6, 6.07) is 4.07. The number of carbonyl (C=O) groups is 1. The van der Waals surface area contributed by atoms with Crippen molar-refractivity contribution in [3.63, 3.8) is 0 Å². The number of aromatic nitrogens is 1. The molecule has 1 aromatic carbocycles. The van der Waals surface area contributed by atoms with Crippen LogP contribution in [0.25, 0.3) is 0 Å². The molecule has 0 fully saturated rings. The Bertz CT molecular complexity index is 791. The molecule has 3 rings (SSSR count). The Morgan fingerprint density at radius 1 is 1.26 bits per heavy atom. The summed E-state index contributed by atoms with van der Waals surface area (Å²) in [6.45, 7) is 4.77. The maximum atomic E-state index is 12.3. The minimum atomic E-state index is 0.0613. The van der Waals surface area contributed by atoms with E-state index in [1.165, 1.54) is 16.0 Å². The van der Waals surface area contributed by atoms with Gasteiger partial charge >= 0.3 is 0 Å². The Kier molecular flexibility index (Phi) is 6.68. The lowest BCUT2D eigenvalue weighted by Gasteiger charge is -2.29. The van der Waals surface area contributed by atoms with Crippen molar-refractivity contribution in [3.8, 4) is 11.5 Å². The fraction of sp³-hybridized carbons (Fsp3) is 0.500. The van der Waals surface area contributed by atoms with Gasteiger partial charge in [-0.1, -0.05) is 6.92 Å². The number of benzene rings is 1. The number of carbonyl (C=O) groups excluding carboxylic acids is 1. The molecule has 2 heterocycles. The number of aryl methyl sites for hydroxylation is 1. The topological polar surface area (TPSA) is 63.7 Å². The summed E-state index contributed by atoms with van der Waals surface area (Å²) in [7, 11) is 3.29. The number of nitrogens with one attached hydrogen (secondary N) is 1. The molecule has 0 saturated heterocycles. The van der Waals surface area contributed by atoms with Crippen molar-refractivity contribution in [1.29, 1.82) is 0 Å². The normalized spacial score (nSPS) is 13.9. The fourth-order valence-electron chi connectivity index (χ4n) is 3.27. The third kappa shape index (κ3) is 4.99. The Labute approximate surface area is 164 Å². The molecule has 0 radical (unpaired) electrons. The van der Waals surface area contributed by atoms with Crippen molar-refractivity contribution < 1.29 is 14.3 Å². The molecule has 1 aromatic heterocycles. The highest BCUT2D eigenvalue weighted by Gasteiger charge is 2.21. The number of hydrogen-bond acceptors (Lipinski definition) is 6. The van der Waals surface area contributed by atoms with Gasteiger partial charge in [-0.05, 0) is 36.1 Å². The first-order chi connectivity index (χ1) is 13.1. The van der Waals surface area contributed by atoms with Crippen LogP contribution in [0.1, 0.15) is 27.9 Å². The third-order valence-corrected chi connectivity index (χ3v) is 5.98. The SMILES string of the molecule is CCc1cnc(CCNC(=O)CN2CCc3cc(OC)c(OC)cc3C2)s1. The van der Waals surface area contributed by atoms with Crippen LogP contribution in [0.5, 0.6) is 11.5 Å². The molecule has 0 bridgehead atoms. The first-order valence-electron chi connectivity index (χ1n) is 9.29. The average molecular weight is 390 g/mol. The van der Waals surface area contributed by atoms with Crippen LogP contribution >= 0.6 is 11.3 Å². The van der Waals surface area contributed by atoms with E-state index < -0.39 is 0 Å². The summed E-state index contributed by atoms with van der Waals surface area (Å²) in [6.07, 6.45) is 4.63. The zero-order valence-electron chi connectivity index (χ0n) is 16.2. The van der Waals surface area contributed by atoms with Gasteiger partial charge < -0.3 is 14.8 Å². The molecule has 0 atom stereocenters. The van der Waals surface area contributed by atoms with Crippen LogP contribution in [-0.4, -0.2) is 49.6 Å². The zero-order valence-corrected chi connectivity index (χ0v) is 17.0. The quantitative estimate of drug-likeness (QED) is 0.751. The predicted octanol–water partition coefficient (Wildman–Crippen LogP) is 2.44. The number of rotatable bonds is 8. The molecule has 146 valence electrons. The molecular weight excluding hydrogens is 362 g/mol. The first kappa shape index (κ1) is 19.6. The van der Waals surface area contributed by atoms with Crippen molar-refractivity contribution >= 4 is 17.2 Å². The van der Waals surface area contributed by atoms with Crippen molar-refractivity contribution in [2.24, 2.45) is 0 Å². The monoisotopic (exact) mass is 389 g/mol. The molecule has 1 amide bonds. The number of amides is 1. The fourth-order valence-corrected chi connectivity index (χ4v) is 4.13. The standard InChI is InChI=1S/C20H27N3O3S/c1-4-16-11-22-20(27-16)5-7-21-19(24)13-23-8-6-14-9-17(25-2)18(26-3)10-15(14)12-23/h9-11H,4-8,12-13H2,1-3H3,(H,21,24). The van der Waals surface area contributed by atoms with Crippen LogP contribution in [0.2, 0.25) is 0 Å². The van der Waals surface area contributed by atoms with Crippen molar-refractivity contribution in [2.75, 3.05) is 33.9 Å². The number of hydrogen-bond donors (Lipinski definition) is 1. The highest BCUT2D eigenvalue weighted by atomic mass is 32.1. The lowest BCUT2D eigenvalue weighted by molar-refractivity contribution is -0.122. The van der Waals surface area contributed by atoms with E-state index in [2.05, 4.69) is 22.1 Å². The summed E-state index contributed by atoms with van der Waals surface area (Å²) in [5, 5.41) is 4.10. The second-order valence-corrected chi connectivity index (χ2v) is 7.81. The van der Waals surface area contributed by atoms with Crippen molar-refractivity contribution in [1.82, 2.24) is 15.2 Å². The lowest BCUT2D eigenvalue weighted by atomic mass is 9.99. The molecule has 27 heavy (non-hydrogen) atoms. The minimum Gasteiger partial charge on any atom is -0.493 e. The zero-order chi connectivity index (χ0) is 19.2. The number of methoxy groups -OCH3 is 2. The Morgan fingerprint density at radius 2 is 2.00 bits per heavy atom. The van der Waals surface area contributed by atoms with Crippen LogP contribution < -0.4 is 14.8 Å².